The van der Waals surface area contributed by atoms with E-state index in [0.717, 1.165) is 53.5 Å². The minimum atomic E-state index is -0.0376. The van der Waals surface area contributed by atoms with Gasteiger partial charge in [0.25, 0.3) is 0 Å². The molecule has 0 saturated carbocycles. The average molecular weight is 455 g/mol. The van der Waals surface area contributed by atoms with Gasteiger partial charge in [0.05, 0.1) is 11.3 Å². The molecule has 0 atom stereocenters. The Morgan fingerprint density at radius 3 is 2.70 bits per heavy atom. The van der Waals surface area contributed by atoms with Crippen LogP contribution < -0.4 is 10.2 Å². The number of aromatic nitrogens is 2. The number of hydrogen-bond donors (Lipinski definition) is 1. The van der Waals surface area contributed by atoms with Gasteiger partial charge < -0.3 is 10.2 Å². The molecule has 1 aromatic heterocycles. The number of thioether (sulfide) groups is 1. The van der Waals surface area contributed by atoms with Crippen molar-refractivity contribution in [3.8, 4) is 0 Å². The van der Waals surface area contributed by atoms with Gasteiger partial charge in [0.15, 0.2) is 0 Å². The van der Waals surface area contributed by atoms with E-state index < -0.39 is 0 Å². The molecule has 4 aromatic rings. The van der Waals surface area contributed by atoms with Crippen molar-refractivity contribution in [2.24, 2.45) is 0 Å². The summed E-state index contributed by atoms with van der Waals surface area (Å²) in [6.07, 6.45) is 1.92. The van der Waals surface area contributed by atoms with Crippen molar-refractivity contribution < 1.29 is 4.79 Å². The smallest absolute Gasteiger partial charge is 0.234 e. The molecule has 0 unspecified atom stereocenters. The van der Waals surface area contributed by atoms with Crippen LogP contribution in [0.1, 0.15) is 23.6 Å². The number of anilines is 2. The molecule has 0 aliphatic carbocycles. The van der Waals surface area contributed by atoms with Crippen molar-refractivity contribution in [1.82, 2.24) is 9.97 Å². The van der Waals surface area contributed by atoms with E-state index in [1.54, 1.807) is 0 Å². The molecule has 1 N–H and O–H groups in total. The van der Waals surface area contributed by atoms with Gasteiger partial charge in [-0.3, -0.25) is 4.79 Å². The van der Waals surface area contributed by atoms with Crippen molar-refractivity contribution in [2.75, 3.05) is 22.5 Å². The zero-order valence-electron chi connectivity index (χ0n) is 18.6. The van der Waals surface area contributed by atoms with Gasteiger partial charge in [-0.1, -0.05) is 73.3 Å². The lowest BCUT2D eigenvalue weighted by Gasteiger charge is -2.29. The summed E-state index contributed by atoms with van der Waals surface area (Å²) < 4.78 is 0. The molecule has 1 aliphatic heterocycles. The van der Waals surface area contributed by atoms with Gasteiger partial charge in [-0.25, -0.2) is 9.97 Å². The van der Waals surface area contributed by atoms with Crippen LogP contribution in [0.5, 0.6) is 0 Å². The summed E-state index contributed by atoms with van der Waals surface area (Å²) >= 11 is 1.46. The van der Waals surface area contributed by atoms with Gasteiger partial charge >= 0.3 is 0 Å². The Balaban J connectivity index is 1.36. The lowest BCUT2D eigenvalue weighted by atomic mass is 10.0. The van der Waals surface area contributed by atoms with Crippen LogP contribution in [0.4, 0.5) is 11.6 Å². The van der Waals surface area contributed by atoms with Crippen LogP contribution in [0.3, 0.4) is 0 Å². The SMILES string of the molecule is CCc1cccc(NC(=O)CSc2nc(N3CCc4ccccc4C3)nc3ccccc23)c1. The van der Waals surface area contributed by atoms with Crippen LogP contribution in [-0.4, -0.2) is 28.2 Å². The zero-order chi connectivity index (χ0) is 22.6. The Hall–Kier alpha value is -3.38. The zero-order valence-corrected chi connectivity index (χ0v) is 19.4. The Bertz CT molecular complexity index is 1310. The number of benzene rings is 3. The number of carbonyl (C=O) groups excluding carboxylic acids is 1. The van der Waals surface area contributed by atoms with Crippen LogP contribution in [0.2, 0.25) is 0 Å². The molecule has 33 heavy (non-hydrogen) atoms. The molecule has 1 aliphatic rings. The summed E-state index contributed by atoms with van der Waals surface area (Å²) in [7, 11) is 0. The molecular formula is C27H26N4OS. The Labute approximate surface area is 198 Å². The highest BCUT2D eigenvalue weighted by Gasteiger charge is 2.20. The fraction of sp³-hybridized carbons (Fsp3) is 0.222. The molecule has 0 saturated heterocycles. The summed E-state index contributed by atoms with van der Waals surface area (Å²) in [6, 6.07) is 24.6. The summed E-state index contributed by atoms with van der Waals surface area (Å²) in [5, 5.41) is 4.83. The summed E-state index contributed by atoms with van der Waals surface area (Å²) in [5.41, 5.74) is 5.66. The fourth-order valence-electron chi connectivity index (χ4n) is 4.15. The van der Waals surface area contributed by atoms with E-state index in [9.17, 15) is 4.79 Å². The van der Waals surface area contributed by atoms with Crippen LogP contribution in [0.25, 0.3) is 10.9 Å². The summed E-state index contributed by atoms with van der Waals surface area (Å²) in [5.74, 6) is 0.978. The van der Waals surface area contributed by atoms with E-state index in [-0.39, 0.29) is 5.91 Å². The quantitative estimate of drug-likeness (QED) is 0.309. The number of nitrogens with one attached hydrogen (secondary N) is 1. The van der Waals surface area contributed by atoms with E-state index in [1.807, 2.05) is 42.5 Å². The van der Waals surface area contributed by atoms with Crippen LogP contribution in [0, 0.1) is 0 Å². The van der Waals surface area contributed by atoms with Gasteiger partial charge in [-0.15, -0.1) is 0 Å². The predicted molar refractivity (Wildman–Crippen MR) is 136 cm³/mol. The highest BCUT2D eigenvalue weighted by molar-refractivity contribution is 8.00. The van der Waals surface area contributed by atoms with Crippen molar-refractivity contribution in [3.05, 3.63) is 89.5 Å². The largest absolute Gasteiger partial charge is 0.336 e. The predicted octanol–water partition coefficient (Wildman–Crippen LogP) is 5.49. The van der Waals surface area contributed by atoms with Gasteiger partial charge in [0.1, 0.15) is 5.03 Å². The van der Waals surface area contributed by atoms with Gasteiger partial charge in [0, 0.05) is 24.2 Å². The molecule has 0 bridgehead atoms. The van der Waals surface area contributed by atoms with Crippen molar-refractivity contribution in [2.45, 2.75) is 31.3 Å². The molecule has 6 heteroatoms. The Morgan fingerprint density at radius 1 is 1.00 bits per heavy atom. The van der Waals surface area contributed by atoms with Crippen LogP contribution >= 0.6 is 11.8 Å². The Morgan fingerprint density at radius 2 is 1.82 bits per heavy atom. The number of rotatable bonds is 6. The standard InChI is InChI=1S/C27H26N4OS/c1-2-19-8-7-11-22(16-19)28-25(32)18-33-26-23-12-5-6-13-24(23)29-27(30-26)31-15-14-20-9-3-4-10-21(20)17-31/h3-13,16H,2,14-15,17-18H2,1H3,(H,28,32). The highest BCUT2D eigenvalue weighted by Crippen LogP contribution is 2.30. The fourth-order valence-corrected chi connectivity index (χ4v) is 4.97. The van der Waals surface area contributed by atoms with Gasteiger partial charge in [-0.2, -0.15) is 0 Å². The van der Waals surface area contributed by atoms with E-state index in [1.165, 1.54) is 28.5 Å². The maximum absolute atomic E-state index is 12.7. The third kappa shape index (κ3) is 4.86. The monoisotopic (exact) mass is 454 g/mol. The second-order valence-electron chi connectivity index (χ2n) is 8.18. The lowest BCUT2D eigenvalue weighted by molar-refractivity contribution is -0.113. The maximum Gasteiger partial charge on any atom is 0.234 e. The van der Waals surface area contributed by atoms with Crippen LogP contribution in [-0.2, 0) is 24.2 Å². The lowest BCUT2D eigenvalue weighted by Crippen LogP contribution is -2.31. The number of para-hydroxylation sites is 1. The van der Waals surface area contributed by atoms with Crippen molar-refractivity contribution >= 4 is 40.2 Å². The molecule has 3 aromatic carbocycles. The van der Waals surface area contributed by atoms with Gasteiger partial charge in [-0.05, 0) is 47.7 Å². The topological polar surface area (TPSA) is 58.1 Å². The number of fused-ring (bicyclic) bond motifs is 2. The number of carbonyl (C=O) groups is 1. The minimum absolute atomic E-state index is 0.0376. The molecule has 0 fully saturated rings. The number of hydrogen-bond acceptors (Lipinski definition) is 5. The molecule has 166 valence electrons. The van der Waals surface area contributed by atoms with Crippen LogP contribution in [0.15, 0.2) is 77.8 Å². The molecule has 0 spiro atoms. The highest BCUT2D eigenvalue weighted by atomic mass is 32.2. The van der Waals surface area contributed by atoms with Crippen molar-refractivity contribution in [3.63, 3.8) is 0 Å². The molecule has 5 rings (SSSR count). The average Bonchev–Trinajstić information content (AvgIpc) is 2.87. The first-order chi connectivity index (χ1) is 16.2. The van der Waals surface area contributed by atoms with E-state index in [4.69, 9.17) is 9.97 Å². The number of aryl methyl sites for hydroxylation is 1. The Kier molecular flexibility index (Phi) is 6.26. The third-order valence-corrected chi connectivity index (χ3v) is 6.92. The van der Waals surface area contributed by atoms with E-state index >= 15 is 0 Å². The van der Waals surface area contributed by atoms with Crippen molar-refractivity contribution in [1.29, 1.82) is 0 Å². The normalized spacial score (nSPS) is 13.1. The third-order valence-electron chi connectivity index (χ3n) is 5.93. The second-order valence-corrected chi connectivity index (χ2v) is 9.14. The molecule has 2 heterocycles. The minimum Gasteiger partial charge on any atom is -0.336 e. The molecule has 1 amide bonds. The van der Waals surface area contributed by atoms with E-state index in [2.05, 4.69) is 47.5 Å². The maximum atomic E-state index is 12.7. The second kappa shape index (κ2) is 9.63. The number of amides is 1. The molecule has 5 nitrogen and oxygen atoms in total. The number of nitrogens with zero attached hydrogens (tertiary/aromatic N) is 3. The summed E-state index contributed by atoms with van der Waals surface area (Å²) in [6.45, 7) is 3.79. The van der Waals surface area contributed by atoms with E-state index in [0.29, 0.717) is 5.75 Å². The molecule has 0 radical (unpaired) electrons. The van der Waals surface area contributed by atoms with Gasteiger partial charge in [0.2, 0.25) is 11.9 Å². The summed E-state index contributed by atoms with van der Waals surface area (Å²) in [4.78, 5) is 24.6. The first kappa shape index (κ1) is 21.5. The first-order valence-electron chi connectivity index (χ1n) is 11.3. The first-order valence-corrected chi connectivity index (χ1v) is 12.3. The molecular weight excluding hydrogens is 428 g/mol.